The van der Waals surface area contributed by atoms with Crippen LogP contribution in [0.1, 0.15) is 35.3 Å². The van der Waals surface area contributed by atoms with Gasteiger partial charge in [-0.1, -0.05) is 0 Å². The van der Waals surface area contributed by atoms with Crippen LogP contribution in [-0.4, -0.2) is 44.4 Å². The predicted molar refractivity (Wildman–Crippen MR) is 99.7 cm³/mol. The summed E-state index contributed by atoms with van der Waals surface area (Å²) >= 11 is 0. The molecule has 10 heteroatoms. The van der Waals surface area contributed by atoms with Crippen molar-refractivity contribution < 1.29 is 18.4 Å². The smallest absolute Gasteiger partial charge is 0.272 e. The molecule has 150 valence electrons. The minimum atomic E-state index is -0.831. The van der Waals surface area contributed by atoms with E-state index in [1.54, 1.807) is 4.90 Å². The molecule has 1 aliphatic rings. The van der Waals surface area contributed by atoms with Gasteiger partial charge < -0.3 is 10.2 Å². The Labute approximate surface area is 163 Å². The van der Waals surface area contributed by atoms with Gasteiger partial charge in [-0.05, 0) is 19.1 Å². The van der Waals surface area contributed by atoms with Gasteiger partial charge in [0.1, 0.15) is 17.2 Å². The molecule has 8 nitrogen and oxygen atoms in total. The number of carbonyl (C=O) groups is 2. The van der Waals surface area contributed by atoms with Gasteiger partial charge in [-0.3, -0.25) is 19.5 Å². The summed E-state index contributed by atoms with van der Waals surface area (Å²) in [6, 6.07) is 3.98. The summed E-state index contributed by atoms with van der Waals surface area (Å²) in [5.41, 5.74) is 0.0351. The Morgan fingerprint density at radius 1 is 1.24 bits per heavy atom. The molecule has 0 radical (unpaired) electrons. The molecule has 1 aromatic carbocycles. The third kappa shape index (κ3) is 3.48. The molecule has 0 spiro atoms. The maximum absolute atomic E-state index is 13.4. The lowest BCUT2D eigenvalue weighted by Crippen LogP contribution is -2.24. The number of likely N-dealkylation sites (tertiary alicyclic amines) is 1. The Kier molecular flexibility index (Phi) is 4.61. The summed E-state index contributed by atoms with van der Waals surface area (Å²) in [6.45, 7) is 2.89. The zero-order valence-electron chi connectivity index (χ0n) is 15.4. The van der Waals surface area contributed by atoms with Gasteiger partial charge in [-0.25, -0.2) is 18.3 Å². The molecule has 2 aromatic heterocycles. The number of likely N-dealkylation sites (N-methyl/N-ethyl adjacent to an activating group) is 1. The molecule has 1 unspecified atom stereocenters. The molecule has 3 heterocycles. The van der Waals surface area contributed by atoms with Crippen LogP contribution in [-0.2, 0) is 4.79 Å². The number of amides is 2. The molecule has 0 bridgehead atoms. The van der Waals surface area contributed by atoms with E-state index in [1.807, 2.05) is 6.92 Å². The molecule has 4 rings (SSSR count). The van der Waals surface area contributed by atoms with Gasteiger partial charge in [0.2, 0.25) is 5.91 Å². The lowest BCUT2D eigenvalue weighted by molar-refractivity contribution is -0.127. The Balaban J connectivity index is 1.69. The minimum absolute atomic E-state index is 0.0142. The molecule has 1 fully saturated rings. The van der Waals surface area contributed by atoms with Crippen molar-refractivity contribution in [2.24, 2.45) is 0 Å². The number of anilines is 1. The molecular weight excluding hydrogens is 384 g/mol. The minimum Gasteiger partial charge on any atom is -0.342 e. The molecule has 29 heavy (non-hydrogen) atoms. The molecular formula is C19H17F2N5O3. The van der Waals surface area contributed by atoms with Crippen LogP contribution in [0.5, 0.6) is 0 Å². The fourth-order valence-corrected chi connectivity index (χ4v) is 3.48. The SMILES string of the molecule is CCN1CC(c2cc(=O)n3[nH]cc(C(=O)Nc4cc(F)cc(F)c4)c3n2)CC1=O. The monoisotopic (exact) mass is 401 g/mol. The number of H-pyrrole nitrogens is 1. The lowest BCUT2D eigenvalue weighted by atomic mass is 10.0. The number of carbonyl (C=O) groups excluding carboxylic acids is 2. The quantitative estimate of drug-likeness (QED) is 0.697. The maximum Gasteiger partial charge on any atom is 0.272 e. The topological polar surface area (TPSA) is 99.6 Å². The molecule has 3 aromatic rings. The first kappa shape index (κ1) is 18.8. The van der Waals surface area contributed by atoms with E-state index in [0.717, 1.165) is 16.6 Å². The first-order valence-electron chi connectivity index (χ1n) is 9.02. The van der Waals surface area contributed by atoms with E-state index in [2.05, 4.69) is 15.4 Å². The Morgan fingerprint density at radius 3 is 2.62 bits per heavy atom. The van der Waals surface area contributed by atoms with Crippen molar-refractivity contribution >= 4 is 23.1 Å². The van der Waals surface area contributed by atoms with Crippen molar-refractivity contribution in [1.29, 1.82) is 0 Å². The van der Waals surface area contributed by atoms with Crippen LogP contribution < -0.4 is 10.9 Å². The van der Waals surface area contributed by atoms with Crippen molar-refractivity contribution in [2.45, 2.75) is 19.3 Å². The Morgan fingerprint density at radius 2 is 1.97 bits per heavy atom. The van der Waals surface area contributed by atoms with Gasteiger partial charge in [-0.15, -0.1) is 0 Å². The number of aromatic nitrogens is 3. The number of benzene rings is 1. The van der Waals surface area contributed by atoms with Gasteiger partial charge in [-0.2, -0.15) is 0 Å². The van der Waals surface area contributed by atoms with Crippen LogP contribution in [0.4, 0.5) is 14.5 Å². The van der Waals surface area contributed by atoms with Crippen LogP contribution >= 0.6 is 0 Å². The van der Waals surface area contributed by atoms with Crippen molar-refractivity contribution in [2.75, 3.05) is 18.4 Å². The molecule has 0 saturated carbocycles. The molecule has 1 atom stereocenters. The van der Waals surface area contributed by atoms with E-state index < -0.39 is 23.1 Å². The molecule has 1 saturated heterocycles. The summed E-state index contributed by atoms with van der Waals surface area (Å²) in [5.74, 6) is -2.61. The third-order valence-electron chi connectivity index (χ3n) is 4.90. The van der Waals surface area contributed by atoms with Gasteiger partial charge in [0, 0.05) is 49.4 Å². The third-order valence-corrected chi connectivity index (χ3v) is 4.90. The number of halogens is 2. The normalized spacial score (nSPS) is 16.6. The van der Waals surface area contributed by atoms with Crippen LogP contribution in [0.25, 0.3) is 5.65 Å². The number of aromatic amines is 1. The first-order valence-corrected chi connectivity index (χ1v) is 9.02. The first-order chi connectivity index (χ1) is 13.9. The maximum atomic E-state index is 13.4. The van der Waals surface area contributed by atoms with Crippen molar-refractivity contribution in [3.63, 3.8) is 0 Å². The van der Waals surface area contributed by atoms with Crippen LogP contribution in [0.3, 0.4) is 0 Å². The largest absolute Gasteiger partial charge is 0.342 e. The highest BCUT2D eigenvalue weighted by molar-refractivity contribution is 6.08. The number of nitrogens with one attached hydrogen (secondary N) is 2. The van der Waals surface area contributed by atoms with Gasteiger partial charge in [0.25, 0.3) is 11.5 Å². The zero-order chi connectivity index (χ0) is 20.7. The summed E-state index contributed by atoms with van der Waals surface area (Å²) < 4.78 is 27.8. The molecule has 2 N–H and O–H groups in total. The van der Waals surface area contributed by atoms with Crippen LogP contribution in [0.15, 0.2) is 35.3 Å². The van der Waals surface area contributed by atoms with Crippen molar-refractivity contribution in [3.8, 4) is 0 Å². The molecule has 1 aliphatic heterocycles. The number of rotatable bonds is 4. The van der Waals surface area contributed by atoms with Crippen molar-refractivity contribution in [3.05, 3.63) is 63.7 Å². The van der Waals surface area contributed by atoms with E-state index >= 15 is 0 Å². The molecule has 0 aliphatic carbocycles. The number of hydrogen-bond acceptors (Lipinski definition) is 4. The van der Waals surface area contributed by atoms with Gasteiger partial charge >= 0.3 is 0 Å². The molecule has 2 amide bonds. The highest BCUT2D eigenvalue weighted by Crippen LogP contribution is 2.26. The second-order valence-electron chi connectivity index (χ2n) is 6.81. The average Bonchev–Trinajstić information content (AvgIpc) is 3.24. The van der Waals surface area contributed by atoms with E-state index in [9.17, 15) is 23.2 Å². The highest BCUT2D eigenvalue weighted by atomic mass is 19.1. The van der Waals surface area contributed by atoms with Gasteiger partial charge in [0.05, 0.1) is 5.69 Å². The summed E-state index contributed by atoms with van der Waals surface area (Å²) in [5, 5.41) is 5.04. The fraction of sp³-hybridized carbons (Fsp3) is 0.263. The summed E-state index contributed by atoms with van der Waals surface area (Å²) in [4.78, 5) is 43.2. The van der Waals surface area contributed by atoms with Crippen LogP contribution in [0.2, 0.25) is 0 Å². The van der Waals surface area contributed by atoms with E-state index in [4.69, 9.17) is 0 Å². The highest BCUT2D eigenvalue weighted by Gasteiger charge is 2.31. The number of hydrogen-bond donors (Lipinski definition) is 2. The zero-order valence-corrected chi connectivity index (χ0v) is 15.4. The summed E-state index contributed by atoms with van der Waals surface area (Å²) in [7, 11) is 0. The number of nitrogens with zero attached hydrogens (tertiary/aromatic N) is 3. The lowest BCUT2D eigenvalue weighted by Gasteiger charge is -2.13. The predicted octanol–water partition coefficient (Wildman–Crippen LogP) is 1.89. The van der Waals surface area contributed by atoms with E-state index in [1.165, 1.54) is 12.3 Å². The van der Waals surface area contributed by atoms with Crippen molar-refractivity contribution in [1.82, 2.24) is 19.5 Å². The van der Waals surface area contributed by atoms with E-state index in [-0.39, 0.29) is 35.1 Å². The average molecular weight is 401 g/mol. The number of fused-ring (bicyclic) bond motifs is 1. The van der Waals surface area contributed by atoms with E-state index in [0.29, 0.717) is 24.8 Å². The second-order valence-corrected chi connectivity index (χ2v) is 6.81. The fourth-order valence-electron chi connectivity index (χ4n) is 3.48. The second kappa shape index (κ2) is 7.12. The summed E-state index contributed by atoms with van der Waals surface area (Å²) in [6.07, 6.45) is 1.53. The standard InChI is InChI=1S/C19H17F2N5O3/c1-2-25-9-10(3-16(25)27)15-7-17(28)26-18(24-15)14(8-22-26)19(29)23-13-5-11(20)4-12(21)6-13/h4-8,10,22H,2-3,9H2,1H3,(H,23,29). The Hall–Kier alpha value is -3.56. The Bertz CT molecular complexity index is 1170. The van der Waals surface area contributed by atoms with Gasteiger partial charge in [0.15, 0.2) is 5.65 Å². The van der Waals surface area contributed by atoms with Crippen LogP contribution in [0, 0.1) is 11.6 Å².